The first-order chi connectivity index (χ1) is 3.29. The molecule has 0 N–H and O–H groups in total. The van der Waals surface area contributed by atoms with Gasteiger partial charge < -0.3 is 4.74 Å². The molecule has 1 heterocycles. The van der Waals surface area contributed by atoms with Crippen LogP contribution in [0.3, 0.4) is 0 Å². The average molecular weight is 130 g/mol. The lowest BCUT2D eigenvalue weighted by atomic mass is 10.6. The summed E-state index contributed by atoms with van der Waals surface area (Å²) < 4.78 is 3.97. The first kappa shape index (κ1) is 10.8. The highest BCUT2D eigenvalue weighted by atomic mass is 16.6. The zero-order valence-corrected chi connectivity index (χ0v) is 3.38. The van der Waals surface area contributed by atoms with Crippen molar-refractivity contribution in [1.29, 1.82) is 0 Å². The summed E-state index contributed by atoms with van der Waals surface area (Å²) in [7, 11) is 0. The van der Waals surface area contributed by atoms with Crippen molar-refractivity contribution >= 4 is 11.9 Å². The standard InChI is InChI=1S/C4H2O3.2CH4/c5-3-1-2-4(6)7-3;;/h1-2H;2*1H4. The Morgan fingerprint density at radius 1 is 1.00 bits per heavy atom. The maximum absolute atomic E-state index is 9.92. The molecule has 1 aliphatic rings. The van der Waals surface area contributed by atoms with Gasteiger partial charge in [0.1, 0.15) is 0 Å². The molecule has 0 amide bonds. The number of esters is 2. The van der Waals surface area contributed by atoms with Crippen LogP contribution in [0.1, 0.15) is 14.9 Å². The van der Waals surface area contributed by atoms with E-state index < -0.39 is 11.9 Å². The normalized spacial score (nSPS) is 13.8. The van der Waals surface area contributed by atoms with Gasteiger partial charge in [0, 0.05) is 12.2 Å². The summed E-state index contributed by atoms with van der Waals surface area (Å²) in [5.41, 5.74) is 0. The Kier molecular flexibility index (Phi) is 4.59. The molecule has 0 aliphatic carbocycles. The zero-order chi connectivity index (χ0) is 5.28. The molecule has 0 fully saturated rings. The predicted molar refractivity (Wildman–Crippen MR) is 33.7 cm³/mol. The van der Waals surface area contributed by atoms with Gasteiger partial charge >= 0.3 is 11.9 Å². The summed E-state index contributed by atoms with van der Waals surface area (Å²) >= 11 is 0. The highest BCUT2D eigenvalue weighted by Crippen LogP contribution is 1.92. The van der Waals surface area contributed by atoms with Gasteiger partial charge in [-0.2, -0.15) is 0 Å². The molecule has 0 unspecified atom stereocenters. The van der Waals surface area contributed by atoms with E-state index in [2.05, 4.69) is 4.74 Å². The van der Waals surface area contributed by atoms with Gasteiger partial charge in [0.2, 0.25) is 0 Å². The number of rotatable bonds is 0. The molecule has 3 heteroatoms. The topological polar surface area (TPSA) is 43.4 Å². The quantitative estimate of drug-likeness (QED) is 0.361. The SMILES string of the molecule is C.C.O=C1C=CC(=O)O1. The van der Waals surface area contributed by atoms with Gasteiger partial charge in [0.05, 0.1) is 0 Å². The zero-order valence-electron chi connectivity index (χ0n) is 3.38. The van der Waals surface area contributed by atoms with Gasteiger partial charge in [-0.1, -0.05) is 14.9 Å². The van der Waals surface area contributed by atoms with Gasteiger partial charge in [-0.15, -0.1) is 0 Å². The Morgan fingerprint density at radius 2 is 1.33 bits per heavy atom. The van der Waals surface area contributed by atoms with Gasteiger partial charge in [-0.3, -0.25) is 0 Å². The van der Waals surface area contributed by atoms with E-state index in [1.807, 2.05) is 0 Å². The van der Waals surface area contributed by atoms with Gasteiger partial charge in [0.25, 0.3) is 0 Å². The van der Waals surface area contributed by atoms with E-state index in [9.17, 15) is 9.59 Å². The molecule has 1 rings (SSSR count). The number of hydrogen-bond donors (Lipinski definition) is 0. The van der Waals surface area contributed by atoms with Crippen molar-refractivity contribution in [1.82, 2.24) is 0 Å². The van der Waals surface area contributed by atoms with Crippen LogP contribution in [0, 0.1) is 0 Å². The molecule has 0 atom stereocenters. The van der Waals surface area contributed by atoms with Crippen molar-refractivity contribution < 1.29 is 14.3 Å². The molecule has 0 radical (unpaired) electrons. The van der Waals surface area contributed by atoms with E-state index in [0.717, 1.165) is 12.2 Å². The third kappa shape index (κ3) is 2.64. The molecule has 0 aromatic carbocycles. The van der Waals surface area contributed by atoms with Crippen molar-refractivity contribution in [3.63, 3.8) is 0 Å². The number of carbonyl (C=O) groups excluding carboxylic acids is 2. The minimum Gasteiger partial charge on any atom is -0.387 e. The van der Waals surface area contributed by atoms with Crippen LogP contribution in [0.5, 0.6) is 0 Å². The third-order valence-corrected chi connectivity index (χ3v) is 0.557. The Morgan fingerprint density at radius 3 is 1.44 bits per heavy atom. The minimum atomic E-state index is -0.579. The lowest BCUT2D eigenvalue weighted by molar-refractivity contribution is -0.150. The molecule has 9 heavy (non-hydrogen) atoms. The fourth-order valence-electron chi connectivity index (χ4n) is 0.303. The summed E-state index contributed by atoms with van der Waals surface area (Å²) in [5.74, 6) is -1.16. The Labute approximate surface area is 54.3 Å². The summed E-state index contributed by atoms with van der Waals surface area (Å²) in [6.45, 7) is 0. The highest BCUT2D eigenvalue weighted by Gasteiger charge is 2.10. The Balaban J connectivity index is 0. The molecular weight excluding hydrogens is 120 g/mol. The van der Waals surface area contributed by atoms with Crippen LogP contribution in [0.2, 0.25) is 0 Å². The van der Waals surface area contributed by atoms with Gasteiger partial charge in [-0.05, 0) is 0 Å². The Bertz CT molecular complexity index is 130. The van der Waals surface area contributed by atoms with Crippen molar-refractivity contribution in [2.24, 2.45) is 0 Å². The van der Waals surface area contributed by atoms with E-state index in [4.69, 9.17) is 0 Å². The van der Waals surface area contributed by atoms with E-state index in [1.165, 1.54) is 0 Å². The third-order valence-electron chi connectivity index (χ3n) is 0.557. The second-order valence-corrected chi connectivity index (χ2v) is 1.07. The van der Waals surface area contributed by atoms with Crippen LogP contribution < -0.4 is 0 Å². The molecule has 0 saturated carbocycles. The maximum atomic E-state index is 9.92. The van der Waals surface area contributed by atoms with E-state index in [-0.39, 0.29) is 14.9 Å². The largest absolute Gasteiger partial charge is 0.387 e. The monoisotopic (exact) mass is 130 g/mol. The van der Waals surface area contributed by atoms with E-state index in [1.54, 1.807) is 0 Å². The molecule has 0 aromatic rings. The van der Waals surface area contributed by atoms with Crippen LogP contribution in [-0.2, 0) is 14.3 Å². The molecule has 0 saturated heterocycles. The summed E-state index contributed by atoms with van der Waals surface area (Å²) in [6, 6.07) is 0. The summed E-state index contributed by atoms with van der Waals surface area (Å²) in [5, 5.41) is 0. The van der Waals surface area contributed by atoms with Gasteiger partial charge in [-0.25, -0.2) is 9.59 Å². The Hall–Kier alpha value is -1.12. The number of ether oxygens (including phenoxy) is 1. The summed E-state index contributed by atoms with van der Waals surface area (Å²) in [4.78, 5) is 19.8. The van der Waals surface area contributed by atoms with E-state index in [0.29, 0.717) is 0 Å². The second-order valence-electron chi connectivity index (χ2n) is 1.07. The molecule has 0 bridgehead atoms. The van der Waals surface area contributed by atoms with Crippen LogP contribution >= 0.6 is 0 Å². The lowest BCUT2D eigenvalue weighted by Gasteiger charge is -1.80. The van der Waals surface area contributed by atoms with Crippen LogP contribution in [0.15, 0.2) is 12.2 Å². The summed E-state index contributed by atoms with van der Waals surface area (Å²) in [6.07, 6.45) is 2.17. The second kappa shape index (κ2) is 3.83. The van der Waals surface area contributed by atoms with Gasteiger partial charge in [0.15, 0.2) is 0 Å². The number of cyclic esters (lactones) is 2. The van der Waals surface area contributed by atoms with Crippen LogP contribution in [0.25, 0.3) is 0 Å². The van der Waals surface area contributed by atoms with Crippen molar-refractivity contribution in [3.8, 4) is 0 Å². The van der Waals surface area contributed by atoms with Crippen molar-refractivity contribution in [2.45, 2.75) is 14.9 Å². The molecule has 3 nitrogen and oxygen atoms in total. The van der Waals surface area contributed by atoms with Crippen LogP contribution in [0.4, 0.5) is 0 Å². The molecule has 52 valence electrons. The fourth-order valence-corrected chi connectivity index (χ4v) is 0.303. The molecular formula is C6H10O3. The predicted octanol–water partition coefficient (Wildman–Crippen LogP) is 0.898. The molecule has 1 aliphatic heterocycles. The first-order valence-corrected chi connectivity index (χ1v) is 1.73. The van der Waals surface area contributed by atoms with Crippen molar-refractivity contribution in [3.05, 3.63) is 12.2 Å². The minimum absolute atomic E-state index is 0. The number of hydrogen-bond acceptors (Lipinski definition) is 3. The lowest BCUT2D eigenvalue weighted by Crippen LogP contribution is -1.96. The average Bonchev–Trinajstić information content (AvgIpc) is 1.87. The van der Waals surface area contributed by atoms with Crippen LogP contribution in [-0.4, -0.2) is 11.9 Å². The fraction of sp³-hybridized carbons (Fsp3) is 0.333. The molecule has 0 spiro atoms. The molecule has 0 aromatic heterocycles. The van der Waals surface area contributed by atoms with E-state index >= 15 is 0 Å². The first-order valence-electron chi connectivity index (χ1n) is 1.73. The highest BCUT2D eigenvalue weighted by molar-refractivity contribution is 6.04. The smallest absolute Gasteiger partial charge is 0.338 e. The maximum Gasteiger partial charge on any atom is 0.338 e. The number of carbonyl (C=O) groups is 2. The van der Waals surface area contributed by atoms with Crippen molar-refractivity contribution in [2.75, 3.05) is 0 Å².